The first kappa shape index (κ1) is 15.2. The van der Waals surface area contributed by atoms with Crippen molar-refractivity contribution in [2.45, 2.75) is 19.6 Å². The maximum Gasteiger partial charge on any atom is 0.150 e. The molecule has 2 heterocycles. The molecule has 0 radical (unpaired) electrons. The number of benzene rings is 1. The highest BCUT2D eigenvalue weighted by Gasteiger charge is 2.20. The molecule has 1 aliphatic heterocycles. The second-order valence-corrected chi connectivity index (χ2v) is 5.94. The average molecular weight is 301 g/mol. The summed E-state index contributed by atoms with van der Waals surface area (Å²) in [4.78, 5) is 4.69. The van der Waals surface area contributed by atoms with E-state index in [2.05, 4.69) is 15.0 Å². The highest BCUT2D eigenvalue weighted by Crippen LogP contribution is 2.16. The molecule has 0 unspecified atom stereocenters. The minimum absolute atomic E-state index is 0.412. The van der Waals surface area contributed by atoms with Crippen LogP contribution in [0, 0.1) is 6.92 Å². The fourth-order valence-corrected chi connectivity index (χ4v) is 2.87. The summed E-state index contributed by atoms with van der Waals surface area (Å²) in [5.41, 5.74) is 1.92. The first-order valence-corrected chi connectivity index (χ1v) is 7.80. The number of aryl methyl sites for hydroxylation is 1. The Balaban J connectivity index is 1.45. The van der Waals surface area contributed by atoms with Crippen LogP contribution in [-0.2, 0) is 6.54 Å². The number of piperazine rings is 1. The topological polar surface area (TPSA) is 52.7 Å². The van der Waals surface area contributed by atoms with Gasteiger partial charge in [-0.05, 0) is 12.5 Å². The normalized spacial score (nSPS) is 18.5. The van der Waals surface area contributed by atoms with Crippen molar-refractivity contribution < 1.29 is 9.63 Å². The SMILES string of the molecule is Cc1cc(CN2CCN(C[C@H](O)c3ccccc3)CC2)on1. The van der Waals surface area contributed by atoms with Crippen molar-refractivity contribution in [2.75, 3.05) is 32.7 Å². The molecule has 118 valence electrons. The van der Waals surface area contributed by atoms with Crippen LogP contribution in [0.25, 0.3) is 0 Å². The van der Waals surface area contributed by atoms with Gasteiger partial charge in [-0.2, -0.15) is 0 Å². The van der Waals surface area contributed by atoms with Crippen LogP contribution in [0.5, 0.6) is 0 Å². The Hall–Kier alpha value is -1.69. The zero-order chi connectivity index (χ0) is 15.4. The third-order valence-corrected chi connectivity index (χ3v) is 4.14. The lowest BCUT2D eigenvalue weighted by atomic mass is 10.1. The largest absolute Gasteiger partial charge is 0.387 e. The van der Waals surface area contributed by atoms with E-state index < -0.39 is 6.10 Å². The van der Waals surface area contributed by atoms with Gasteiger partial charge in [0.05, 0.1) is 18.3 Å². The molecule has 2 aromatic rings. The van der Waals surface area contributed by atoms with Crippen LogP contribution in [0.1, 0.15) is 23.1 Å². The van der Waals surface area contributed by atoms with Gasteiger partial charge in [-0.25, -0.2) is 0 Å². The third-order valence-electron chi connectivity index (χ3n) is 4.14. The van der Waals surface area contributed by atoms with Gasteiger partial charge in [0.25, 0.3) is 0 Å². The van der Waals surface area contributed by atoms with Gasteiger partial charge in [0.2, 0.25) is 0 Å². The van der Waals surface area contributed by atoms with E-state index >= 15 is 0 Å². The van der Waals surface area contributed by atoms with E-state index in [1.54, 1.807) is 0 Å². The zero-order valence-corrected chi connectivity index (χ0v) is 13.0. The molecule has 5 heteroatoms. The lowest BCUT2D eigenvalue weighted by Gasteiger charge is -2.35. The molecule has 1 saturated heterocycles. The maximum atomic E-state index is 10.3. The van der Waals surface area contributed by atoms with E-state index in [1.165, 1.54) is 0 Å². The molecule has 5 nitrogen and oxygen atoms in total. The number of aromatic nitrogens is 1. The molecule has 1 N–H and O–H groups in total. The van der Waals surface area contributed by atoms with E-state index in [-0.39, 0.29) is 0 Å². The molecule has 0 aliphatic carbocycles. The Morgan fingerprint density at radius 1 is 1.14 bits per heavy atom. The van der Waals surface area contributed by atoms with Gasteiger partial charge in [-0.1, -0.05) is 35.5 Å². The molecule has 22 heavy (non-hydrogen) atoms. The zero-order valence-electron chi connectivity index (χ0n) is 13.0. The summed E-state index contributed by atoms with van der Waals surface area (Å²) in [6.45, 7) is 7.36. The van der Waals surface area contributed by atoms with Crippen LogP contribution in [0.4, 0.5) is 0 Å². The Morgan fingerprint density at radius 3 is 2.45 bits per heavy atom. The minimum Gasteiger partial charge on any atom is -0.387 e. The van der Waals surface area contributed by atoms with Gasteiger partial charge in [0.15, 0.2) is 5.76 Å². The van der Waals surface area contributed by atoms with Gasteiger partial charge >= 0.3 is 0 Å². The molecule has 1 aliphatic rings. The fourth-order valence-electron chi connectivity index (χ4n) is 2.87. The molecule has 0 bridgehead atoms. The second kappa shape index (κ2) is 7.05. The van der Waals surface area contributed by atoms with Gasteiger partial charge in [0.1, 0.15) is 0 Å². The number of aliphatic hydroxyl groups excluding tert-OH is 1. The molecular formula is C17H23N3O2. The van der Waals surface area contributed by atoms with E-state index in [0.717, 1.165) is 49.7 Å². The minimum atomic E-state index is -0.412. The van der Waals surface area contributed by atoms with E-state index in [0.29, 0.717) is 6.54 Å². The third kappa shape index (κ3) is 3.94. The van der Waals surface area contributed by atoms with Crippen LogP contribution in [-0.4, -0.2) is 52.8 Å². The Kier molecular flexibility index (Phi) is 4.87. The van der Waals surface area contributed by atoms with Gasteiger partial charge in [-0.15, -0.1) is 0 Å². The van der Waals surface area contributed by atoms with E-state index in [9.17, 15) is 5.11 Å². The number of β-amino-alcohol motifs (C(OH)–C–C–N with tert-alkyl or cyclic N) is 1. The molecule has 1 aromatic carbocycles. The molecule has 0 amide bonds. The molecule has 1 atom stereocenters. The highest BCUT2D eigenvalue weighted by molar-refractivity contribution is 5.17. The lowest BCUT2D eigenvalue weighted by molar-refractivity contribution is 0.0670. The summed E-state index contributed by atoms with van der Waals surface area (Å²) < 4.78 is 5.27. The van der Waals surface area contributed by atoms with Crippen molar-refractivity contribution >= 4 is 0 Å². The number of hydrogen-bond donors (Lipinski definition) is 1. The van der Waals surface area contributed by atoms with Crippen LogP contribution in [0.3, 0.4) is 0 Å². The Labute approximate surface area is 131 Å². The smallest absolute Gasteiger partial charge is 0.150 e. The van der Waals surface area contributed by atoms with E-state index in [4.69, 9.17) is 4.52 Å². The number of rotatable bonds is 5. The Bertz CT molecular complexity index is 577. The van der Waals surface area contributed by atoms with Crippen molar-refractivity contribution in [1.29, 1.82) is 0 Å². The van der Waals surface area contributed by atoms with Crippen molar-refractivity contribution in [3.8, 4) is 0 Å². The van der Waals surface area contributed by atoms with Gasteiger partial charge in [0, 0.05) is 38.8 Å². The number of nitrogens with zero attached hydrogens (tertiary/aromatic N) is 3. The molecule has 0 saturated carbocycles. The Morgan fingerprint density at radius 2 is 1.82 bits per heavy atom. The van der Waals surface area contributed by atoms with Gasteiger partial charge < -0.3 is 9.63 Å². The van der Waals surface area contributed by atoms with Crippen LogP contribution in [0.2, 0.25) is 0 Å². The predicted molar refractivity (Wildman–Crippen MR) is 84.4 cm³/mol. The van der Waals surface area contributed by atoms with Crippen LogP contribution in [0.15, 0.2) is 40.9 Å². The molecule has 3 rings (SSSR count). The molecule has 1 fully saturated rings. The first-order valence-electron chi connectivity index (χ1n) is 7.80. The quantitative estimate of drug-likeness (QED) is 0.913. The van der Waals surface area contributed by atoms with E-state index in [1.807, 2.05) is 43.3 Å². The van der Waals surface area contributed by atoms with Crippen molar-refractivity contribution in [1.82, 2.24) is 15.0 Å². The van der Waals surface area contributed by atoms with Crippen molar-refractivity contribution in [3.05, 3.63) is 53.4 Å². The molecule has 0 spiro atoms. The highest BCUT2D eigenvalue weighted by atomic mass is 16.5. The summed E-state index contributed by atoms with van der Waals surface area (Å²) in [5, 5.41) is 14.2. The number of aliphatic hydroxyl groups is 1. The first-order chi connectivity index (χ1) is 10.7. The molecule has 1 aromatic heterocycles. The second-order valence-electron chi connectivity index (χ2n) is 5.94. The van der Waals surface area contributed by atoms with Crippen LogP contribution >= 0.6 is 0 Å². The van der Waals surface area contributed by atoms with Crippen molar-refractivity contribution in [2.24, 2.45) is 0 Å². The van der Waals surface area contributed by atoms with Crippen molar-refractivity contribution in [3.63, 3.8) is 0 Å². The average Bonchev–Trinajstić information content (AvgIpc) is 2.95. The number of hydrogen-bond acceptors (Lipinski definition) is 5. The van der Waals surface area contributed by atoms with Gasteiger partial charge in [-0.3, -0.25) is 9.80 Å². The summed E-state index contributed by atoms with van der Waals surface area (Å²) in [6.07, 6.45) is -0.412. The summed E-state index contributed by atoms with van der Waals surface area (Å²) in [6, 6.07) is 11.9. The van der Waals surface area contributed by atoms with Crippen LogP contribution < -0.4 is 0 Å². The predicted octanol–water partition coefficient (Wildman–Crippen LogP) is 1.83. The molecular weight excluding hydrogens is 278 g/mol. The lowest BCUT2D eigenvalue weighted by Crippen LogP contribution is -2.47. The maximum absolute atomic E-state index is 10.3. The fraction of sp³-hybridized carbons (Fsp3) is 0.471. The summed E-state index contributed by atoms with van der Waals surface area (Å²) in [5.74, 6) is 0.926. The summed E-state index contributed by atoms with van der Waals surface area (Å²) in [7, 11) is 0. The monoisotopic (exact) mass is 301 g/mol. The standard InChI is InChI=1S/C17H23N3O2/c1-14-11-16(22-18-14)12-19-7-9-20(10-8-19)13-17(21)15-5-3-2-4-6-15/h2-6,11,17,21H,7-10,12-13H2,1H3/t17-/m0/s1. The summed E-state index contributed by atoms with van der Waals surface area (Å²) >= 11 is 0.